The van der Waals surface area contributed by atoms with Crippen LogP contribution in [0.1, 0.15) is 0 Å². The Bertz CT molecular complexity index is 576. The lowest BCUT2D eigenvalue weighted by Gasteiger charge is -2.04. The molecule has 3 aromatic rings. The van der Waals surface area contributed by atoms with Crippen LogP contribution in [-0.2, 0) is 0 Å². The van der Waals surface area contributed by atoms with Gasteiger partial charge in [-0.1, -0.05) is 36.4 Å². The van der Waals surface area contributed by atoms with Crippen LogP contribution < -0.4 is 16.8 Å². The van der Waals surface area contributed by atoms with E-state index in [1.54, 1.807) is 24.3 Å². The number of hydrogen-bond donors (Lipinski definition) is 3. The molecule has 0 aliphatic rings. The molecule has 0 saturated carbocycles. The summed E-state index contributed by atoms with van der Waals surface area (Å²) in [5.74, 6) is 0. The summed E-state index contributed by atoms with van der Waals surface area (Å²) in [5.41, 5.74) is 14.5. The first kappa shape index (κ1) is 14.5. The highest BCUT2D eigenvalue weighted by Gasteiger charge is 1.89. The van der Waals surface area contributed by atoms with Gasteiger partial charge in [-0.2, -0.15) is 0 Å². The molecule has 3 aromatic carbocycles. The average molecular weight is 277 g/mol. The Kier molecular flexibility index (Phi) is 5.24. The second-order valence-electron chi connectivity index (χ2n) is 4.52. The van der Waals surface area contributed by atoms with E-state index in [9.17, 15) is 0 Å². The SMILES string of the molecule is Nc1ccc(N)cc1.c1ccc(Nc2ccccc2)cc1. The number of rotatable bonds is 2. The predicted molar refractivity (Wildman–Crippen MR) is 91.4 cm³/mol. The minimum absolute atomic E-state index is 0.749. The third kappa shape index (κ3) is 5.28. The van der Waals surface area contributed by atoms with Gasteiger partial charge in [0, 0.05) is 22.7 Å². The molecule has 0 amide bonds. The normalized spacial score (nSPS) is 9.33. The standard InChI is InChI=1S/C12H11N.C6H8N2/c1-3-7-11(8-4-1)13-12-9-5-2-6-10-12;7-5-1-2-6(8)4-3-5/h1-10,13H;1-4H,7-8H2. The van der Waals surface area contributed by atoms with Crippen LogP contribution in [-0.4, -0.2) is 0 Å². The lowest BCUT2D eigenvalue weighted by atomic mass is 10.3. The minimum Gasteiger partial charge on any atom is -0.399 e. The molecule has 0 unspecified atom stereocenters. The summed E-state index contributed by atoms with van der Waals surface area (Å²) < 4.78 is 0. The second-order valence-corrected chi connectivity index (χ2v) is 4.52. The van der Waals surface area contributed by atoms with Crippen molar-refractivity contribution in [1.82, 2.24) is 0 Å². The van der Waals surface area contributed by atoms with E-state index in [1.165, 1.54) is 0 Å². The van der Waals surface area contributed by atoms with Gasteiger partial charge in [0.25, 0.3) is 0 Å². The Balaban J connectivity index is 0.000000173. The lowest BCUT2D eigenvalue weighted by Crippen LogP contribution is -1.87. The molecule has 3 nitrogen and oxygen atoms in total. The highest BCUT2D eigenvalue weighted by atomic mass is 14.9. The summed E-state index contributed by atoms with van der Waals surface area (Å²) in [7, 11) is 0. The molecule has 106 valence electrons. The van der Waals surface area contributed by atoms with E-state index in [2.05, 4.69) is 5.32 Å². The van der Waals surface area contributed by atoms with E-state index in [0.29, 0.717) is 0 Å². The van der Waals surface area contributed by atoms with Crippen molar-refractivity contribution in [3.8, 4) is 0 Å². The quantitative estimate of drug-likeness (QED) is 0.612. The van der Waals surface area contributed by atoms with Crippen LogP contribution in [0.2, 0.25) is 0 Å². The van der Waals surface area contributed by atoms with Gasteiger partial charge in [0.1, 0.15) is 0 Å². The molecule has 3 rings (SSSR count). The number of hydrogen-bond acceptors (Lipinski definition) is 3. The zero-order chi connectivity index (χ0) is 14.9. The van der Waals surface area contributed by atoms with Gasteiger partial charge in [-0.25, -0.2) is 0 Å². The number of anilines is 4. The molecule has 0 bridgehead atoms. The van der Waals surface area contributed by atoms with Crippen molar-refractivity contribution >= 4 is 22.7 Å². The maximum absolute atomic E-state index is 5.37. The van der Waals surface area contributed by atoms with Crippen molar-refractivity contribution < 1.29 is 0 Å². The first-order chi connectivity index (χ1) is 10.2. The molecule has 0 fully saturated rings. The molecular weight excluding hydrogens is 258 g/mol. The van der Waals surface area contributed by atoms with Gasteiger partial charge in [0.05, 0.1) is 0 Å². The number of para-hydroxylation sites is 2. The largest absolute Gasteiger partial charge is 0.399 e. The molecule has 3 heteroatoms. The molecule has 5 N–H and O–H groups in total. The highest BCUT2D eigenvalue weighted by Crippen LogP contribution is 2.14. The van der Waals surface area contributed by atoms with E-state index in [0.717, 1.165) is 22.7 Å². The van der Waals surface area contributed by atoms with Crippen LogP contribution in [0.15, 0.2) is 84.9 Å². The molecule has 0 aliphatic heterocycles. The summed E-state index contributed by atoms with van der Waals surface area (Å²) in [6.07, 6.45) is 0. The van der Waals surface area contributed by atoms with E-state index in [4.69, 9.17) is 11.5 Å². The topological polar surface area (TPSA) is 64.1 Å². The Morgan fingerprint density at radius 2 is 0.810 bits per heavy atom. The van der Waals surface area contributed by atoms with Crippen molar-refractivity contribution in [1.29, 1.82) is 0 Å². The van der Waals surface area contributed by atoms with Crippen molar-refractivity contribution in [3.63, 3.8) is 0 Å². The van der Waals surface area contributed by atoms with E-state index in [-0.39, 0.29) is 0 Å². The van der Waals surface area contributed by atoms with Crippen molar-refractivity contribution in [2.75, 3.05) is 16.8 Å². The maximum atomic E-state index is 5.37. The molecule has 0 radical (unpaired) electrons. The van der Waals surface area contributed by atoms with Gasteiger partial charge in [0.2, 0.25) is 0 Å². The Labute approximate surface area is 125 Å². The fraction of sp³-hybridized carbons (Fsp3) is 0. The smallest absolute Gasteiger partial charge is 0.0384 e. The number of nitrogens with one attached hydrogen (secondary N) is 1. The third-order valence-electron chi connectivity index (χ3n) is 2.77. The molecule has 0 aromatic heterocycles. The summed E-state index contributed by atoms with van der Waals surface area (Å²) in [4.78, 5) is 0. The van der Waals surface area contributed by atoms with Gasteiger partial charge in [-0.3, -0.25) is 0 Å². The van der Waals surface area contributed by atoms with Gasteiger partial charge in [-0.05, 0) is 48.5 Å². The van der Waals surface area contributed by atoms with Crippen LogP contribution in [0.25, 0.3) is 0 Å². The summed E-state index contributed by atoms with van der Waals surface area (Å²) in [6, 6.07) is 27.4. The van der Waals surface area contributed by atoms with Gasteiger partial charge >= 0.3 is 0 Å². The highest BCUT2D eigenvalue weighted by molar-refractivity contribution is 5.58. The molecule has 0 aliphatic carbocycles. The second kappa shape index (κ2) is 7.60. The molecule has 0 saturated heterocycles. The maximum Gasteiger partial charge on any atom is 0.0384 e. The first-order valence-electron chi connectivity index (χ1n) is 6.72. The van der Waals surface area contributed by atoms with Crippen LogP contribution in [0.4, 0.5) is 22.7 Å². The molecular formula is C18H19N3. The van der Waals surface area contributed by atoms with E-state index < -0.39 is 0 Å². The van der Waals surface area contributed by atoms with Crippen LogP contribution >= 0.6 is 0 Å². The lowest BCUT2D eigenvalue weighted by molar-refractivity contribution is 1.55. The summed E-state index contributed by atoms with van der Waals surface area (Å²) in [6.45, 7) is 0. The predicted octanol–water partition coefficient (Wildman–Crippen LogP) is 4.28. The molecule has 0 atom stereocenters. The average Bonchev–Trinajstić information content (AvgIpc) is 2.53. The number of nitrogens with two attached hydrogens (primary N) is 2. The molecule has 0 heterocycles. The third-order valence-corrected chi connectivity index (χ3v) is 2.77. The molecule has 0 spiro atoms. The summed E-state index contributed by atoms with van der Waals surface area (Å²) >= 11 is 0. The van der Waals surface area contributed by atoms with Crippen LogP contribution in [0.5, 0.6) is 0 Å². The monoisotopic (exact) mass is 277 g/mol. The van der Waals surface area contributed by atoms with Crippen LogP contribution in [0, 0.1) is 0 Å². The fourth-order valence-corrected chi connectivity index (χ4v) is 1.71. The first-order valence-corrected chi connectivity index (χ1v) is 6.72. The van der Waals surface area contributed by atoms with Gasteiger partial charge in [-0.15, -0.1) is 0 Å². The van der Waals surface area contributed by atoms with Gasteiger partial charge < -0.3 is 16.8 Å². The van der Waals surface area contributed by atoms with E-state index in [1.807, 2.05) is 60.7 Å². The van der Waals surface area contributed by atoms with Crippen molar-refractivity contribution in [2.45, 2.75) is 0 Å². The van der Waals surface area contributed by atoms with Crippen molar-refractivity contribution in [3.05, 3.63) is 84.9 Å². The summed E-state index contributed by atoms with van der Waals surface area (Å²) in [5, 5.41) is 3.30. The Morgan fingerprint density at radius 3 is 1.14 bits per heavy atom. The Hall–Kier alpha value is -2.94. The zero-order valence-electron chi connectivity index (χ0n) is 11.7. The zero-order valence-corrected chi connectivity index (χ0v) is 11.7. The van der Waals surface area contributed by atoms with E-state index >= 15 is 0 Å². The number of benzene rings is 3. The van der Waals surface area contributed by atoms with Crippen molar-refractivity contribution in [2.24, 2.45) is 0 Å². The molecule has 21 heavy (non-hydrogen) atoms. The fourth-order valence-electron chi connectivity index (χ4n) is 1.71. The minimum atomic E-state index is 0.749. The van der Waals surface area contributed by atoms with Crippen LogP contribution in [0.3, 0.4) is 0 Å². The Morgan fingerprint density at radius 1 is 0.476 bits per heavy atom. The van der Waals surface area contributed by atoms with Gasteiger partial charge in [0.15, 0.2) is 0 Å². The number of nitrogen functional groups attached to an aromatic ring is 2.